The molecule has 2 fully saturated rings. The number of carbonyl (C=O) groups excluding carboxylic acids is 3. The number of morpholine rings is 1. The van der Waals surface area contributed by atoms with Crippen LogP contribution in [-0.4, -0.2) is 61.8 Å². The van der Waals surface area contributed by atoms with Gasteiger partial charge < -0.3 is 14.8 Å². The number of nitrogens with zero attached hydrogens (tertiary/aromatic N) is 1. The summed E-state index contributed by atoms with van der Waals surface area (Å²) in [4.78, 5) is 38.1. The van der Waals surface area contributed by atoms with Gasteiger partial charge in [-0.2, -0.15) is 0 Å². The number of ether oxygens (including phenoxy) is 2. The van der Waals surface area contributed by atoms with Crippen LogP contribution in [0.5, 0.6) is 0 Å². The van der Waals surface area contributed by atoms with Crippen molar-refractivity contribution in [3.05, 3.63) is 35.4 Å². The lowest BCUT2D eigenvalue weighted by Gasteiger charge is -2.26. The Hall–Kier alpha value is -2.45. The van der Waals surface area contributed by atoms with Crippen LogP contribution in [0.25, 0.3) is 0 Å². The van der Waals surface area contributed by atoms with Crippen molar-refractivity contribution < 1.29 is 23.9 Å². The summed E-state index contributed by atoms with van der Waals surface area (Å²) in [5.41, 5.74) is 1.47. The number of rotatable bonds is 6. The summed E-state index contributed by atoms with van der Waals surface area (Å²) in [6.45, 7) is 3.58. The van der Waals surface area contributed by atoms with Gasteiger partial charge in [-0.25, -0.2) is 9.59 Å². The van der Waals surface area contributed by atoms with E-state index < -0.39 is 24.5 Å². The minimum absolute atomic E-state index is 0.107. The zero-order chi connectivity index (χ0) is 20.5. The van der Waals surface area contributed by atoms with E-state index in [-0.39, 0.29) is 6.04 Å². The van der Waals surface area contributed by atoms with E-state index in [1.165, 1.54) is 6.42 Å². The van der Waals surface area contributed by atoms with Crippen LogP contribution in [0.3, 0.4) is 0 Å². The van der Waals surface area contributed by atoms with E-state index in [4.69, 9.17) is 9.47 Å². The van der Waals surface area contributed by atoms with E-state index in [1.807, 2.05) is 12.1 Å². The second kappa shape index (κ2) is 10.9. The molecule has 2 N–H and O–H groups in total. The van der Waals surface area contributed by atoms with Crippen LogP contribution in [0.1, 0.15) is 48.0 Å². The molecular weight excluding hydrogens is 374 g/mol. The molecule has 0 bridgehead atoms. The van der Waals surface area contributed by atoms with Crippen LogP contribution in [-0.2, 0) is 20.8 Å². The normalized spacial score (nSPS) is 18.1. The van der Waals surface area contributed by atoms with Crippen LogP contribution in [0.15, 0.2) is 24.3 Å². The topological polar surface area (TPSA) is 97.0 Å². The van der Waals surface area contributed by atoms with Gasteiger partial charge in [0.15, 0.2) is 6.61 Å². The standard InChI is InChI=1S/C21H29N3O5/c25-19(23-21(27)22-18-4-2-1-3-5-18)15-29-20(26)17-8-6-16(7-9-17)14-24-10-12-28-13-11-24/h6-9,18H,1-5,10-15H2,(H2,22,23,25,27). The lowest BCUT2D eigenvalue weighted by Crippen LogP contribution is -2.46. The van der Waals surface area contributed by atoms with Crippen molar-refractivity contribution in [2.24, 2.45) is 0 Å². The molecule has 2 aliphatic rings. The highest BCUT2D eigenvalue weighted by molar-refractivity contribution is 5.97. The molecule has 158 valence electrons. The van der Waals surface area contributed by atoms with E-state index in [2.05, 4.69) is 15.5 Å². The summed E-state index contributed by atoms with van der Waals surface area (Å²) in [5.74, 6) is -1.23. The van der Waals surface area contributed by atoms with Gasteiger partial charge in [0.1, 0.15) is 0 Å². The predicted molar refractivity (Wildman–Crippen MR) is 106 cm³/mol. The fourth-order valence-corrected chi connectivity index (χ4v) is 3.61. The van der Waals surface area contributed by atoms with E-state index >= 15 is 0 Å². The third kappa shape index (κ3) is 7.14. The lowest BCUT2D eigenvalue weighted by atomic mass is 9.96. The van der Waals surface area contributed by atoms with Crippen LogP contribution in [0.2, 0.25) is 0 Å². The third-order valence-corrected chi connectivity index (χ3v) is 5.23. The summed E-state index contributed by atoms with van der Waals surface area (Å²) in [5, 5.41) is 4.99. The second-order valence-electron chi connectivity index (χ2n) is 7.52. The molecule has 8 heteroatoms. The van der Waals surface area contributed by atoms with E-state index in [1.54, 1.807) is 12.1 Å². The van der Waals surface area contributed by atoms with Gasteiger partial charge >= 0.3 is 12.0 Å². The molecule has 0 spiro atoms. The van der Waals surface area contributed by atoms with Crippen LogP contribution in [0, 0.1) is 0 Å². The molecule has 3 amide bonds. The molecule has 0 radical (unpaired) electrons. The molecule has 1 aliphatic heterocycles. The largest absolute Gasteiger partial charge is 0.452 e. The van der Waals surface area contributed by atoms with Crippen LogP contribution < -0.4 is 10.6 Å². The molecule has 1 aromatic carbocycles. The van der Waals surface area contributed by atoms with E-state index in [0.717, 1.165) is 64.1 Å². The summed E-state index contributed by atoms with van der Waals surface area (Å²) < 4.78 is 10.3. The first-order valence-electron chi connectivity index (χ1n) is 10.3. The minimum Gasteiger partial charge on any atom is -0.452 e. The van der Waals surface area contributed by atoms with Crippen molar-refractivity contribution >= 4 is 17.9 Å². The highest BCUT2D eigenvalue weighted by Gasteiger charge is 2.18. The van der Waals surface area contributed by atoms with Gasteiger partial charge in [0, 0.05) is 25.7 Å². The monoisotopic (exact) mass is 403 g/mol. The number of amides is 3. The van der Waals surface area contributed by atoms with E-state index in [0.29, 0.717) is 5.56 Å². The quantitative estimate of drug-likeness (QED) is 0.704. The number of urea groups is 1. The molecule has 29 heavy (non-hydrogen) atoms. The van der Waals surface area contributed by atoms with Crippen LogP contribution in [0.4, 0.5) is 4.79 Å². The molecule has 3 rings (SSSR count). The summed E-state index contributed by atoms with van der Waals surface area (Å²) in [7, 11) is 0. The number of nitrogens with one attached hydrogen (secondary N) is 2. The Morgan fingerprint density at radius 2 is 1.72 bits per heavy atom. The maximum atomic E-state index is 12.1. The predicted octanol–water partition coefficient (Wildman–Crippen LogP) is 1.83. The molecule has 1 saturated heterocycles. The van der Waals surface area contributed by atoms with Crippen molar-refractivity contribution in [3.8, 4) is 0 Å². The fourth-order valence-electron chi connectivity index (χ4n) is 3.61. The molecule has 1 aliphatic carbocycles. The van der Waals surface area contributed by atoms with Gasteiger partial charge in [-0.3, -0.25) is 15.0 Å². The summed E-state index contributed by atoms with van der Waals surface area (Å²) in [6.07, 6.45) is 5.21. The van der Waals surface area contributed by atoms with Crippen molar-refractivity contribution in [2.45, 2.75) is 44.7 Å². The molecule has 1 heterocycles. The Labute approximate surface area is 170 Å². The maximum Gasteiger partial charge on any atom is 0.338 e. The van der Waals surface area contributed by atoms with Gasteiger partial charge in [-0.1, -0.05) is 31.4 Å². The van der Waals surface area contributed by atoms with Gasteiger partial charge in [0.2, 0.25) is 0 Å². The maximum absolute atomic E-state index is 12.1. The zero-order valence-electron chi connectivity index (χ0n) is 16.7. The fraction of sp³-hybridized carbons (Fsp3) is 0.571. The Balaban J connectivity index is 1.37. The number of imide groups is 1. The number of esters is 1. The Kier molecular flexibility index (Phi) is 8.01. The van der Waals surface area contributed by atoms with Crippen molar-refractivity contribution in [1.82, 2.24) is 15.5 Å². The Bertz CT molecular complexity index is 695. The Morgan fingerprint density at radius 1 is 1.03 bits per heavy atom. The third-order valence-electron chi connectivity index (χ3n) is 5.23. The minimum atomic E-state index is -0.643. The van der Waals surface area contributed by atoms with Gasteiger partial charge in [-0.15, -0.1) is 0 Å². The first-order valence-corrected chi connectivity index (χ1v) is 10.3. The van der Waals surface area contributed by atoms with Gasteiger partial charge in [-0.05, 0) is 30.5 Å². The molecule has 1 saturated carbocycles. The number of hydrogen-bond donors (Lipinski definition) is 2. The average molecular weight is 403 g/mol. The molecule has 0 aromatic heterocycles. The molecule has 0 unspecified atom stereocenters. The first kappa shape index (κ1) is 21.3. The zero-order valence-corrected chi connectivity index (χ0v) is 16.7. The Morgan fingerprint density at radius 3 is 2.41 bits per heavy atom. The second-order valence-corrected chi connectivity index (χ2v) is 7.52. The number of carbonyl (C=O) groups is 3. The van der Waals surface area contributed by atoms with E-state index in [9.17, 15) is 14.4 Å². The highest BCUT2D eigenvalue weighted by atomic mass is 16.5. The van der Waals surface area contributed by atoms with Crippen molar-refractivity contribution in [1.29, 1.82) is 0 Å². The summed E-state index contributed by atoms with van der Waals surface area (Å²) >= 11 is 0. The highest BCUT2D eigenvalue weighted by Crippen LogP contribution is 2.17. The molecular formula is C21H29N3O5. The smallest absolute Gasteiger partial charge is 0.338 e. The first-order chi connectivity index (χ1) is 14.1. The summed E-state index contributed by atoms with van der Waals surface area (Å²) in [6, 6.07) is 6.70. The molecule has 8 nitrogen and oxygen atoms in total. The average Bonchev–Trinajstić information content (AvgIpc) is 2.74. The van der Waals surface area contributed by atoms with Crippen LogP contribution >= 0.6 is 0 Å². The molecule has 1 aromatic rings. The lowest BCUT2D eigenvalue weighted by molar-refractivity contribution is -0.123. The van der Waals surface area contributed by atoms with Crippen molar-refractivity contribution in [3.63, 3.8) is 0 Å². The SMILES string of the molecule is O=C(COC(=O)c1ccc(CN2CCOCC2)cc1)NC(=O)NC1CCCCC1. The van der Waals surface area contributed by atoms with Crippen molar-refractivity contribution in [2.75, 3.05) is 32.9 Å². The molecule has 0 atom stereocenters. The van der Waals surface area contributed by atoms with Gasteiger partial charge in [0.05, 0.1) is 18.8 Å². The number of hydrogen-bond acceptors (Lipinski definition) is 6. The number of benzene rings is 1. The van der Waals surface area contributed by atoms with Gasteiger partial charge in [0.25, 0.3) is 5.91 Å².